The van der Waals surface area contributed by atoms with E-state index in [2.05, 4.69) is 15.2 Å². The molecule has 1 saturated heterocycles. The van der Waals surface area contributed by atoms with Crippen molar-refractivity contribution >= 4 is 28.9 Å². The first-order valence-corrected chi connectivity index (χ1v) is 9.44. The number of amides is 1. The van der Waals surface area contributed by atoms with E-state index in [1.807, 2.05) is 12.1 Å². The molecule has 3 rings (SSSR count). The molecule has 0 radical (unpaired) electrons. The van der Waals surface area contributed by atoms with E-state index in [1.54, 1.807) is 18.3 Å². The van der Waals surface area contributed by atoms with Crippen molar-refractivity contribution in [2.24, 2.45) is 0 Å². The third-order valence-electron chi connectivity index (χ3n) is 4.67. The molecule has 0 aliphatic carbocycles. The van der Waals surface area contributed by atoms with E-state index in [4.69, 9.17) is 21.1 Å². The van der Waals surface area contributed by atoms with E-state index in [0.29, 0.717) is 27.9 Å². The van der Waals surface area contributed by atoms with E-state index in [-0.39, 0.29) is 5.91 Å². The van der Waals surface area contributed by atoms with Gasteiger partial charge in [-0.25, -0.2) is 0 Å². The van der Waals surface area contributed by atoms with Gasteiger partial charge < -0.3 is 19.7 Å². The van der Waals surface area contributed by atoms with Crippen molar-refractivity contribution in [1.29, 1.82) is 0 Å². The summed E-state index contributed by atoms with van der Waals surface area (Å²) in [6.07, 6.45) is 6.53. The van der Waals surface area contributed by atoms with Gasteiger partial charge in [-0.3, -0.25) is 9.78 Å². The highest BCUT2D eigenvalue weighted by atomic mass is 35.5. The number of carbonyl (C=O) groups excluding carboxylic acids is 1. The molecule has 1 aromatic heterocycles. The fourth-order valence-corrected chi connectivity index (χ4v) is 3.44. The maximum Gasteiger partial charge on any atom is 0.274 e. The van der Waals surface area contributed by atoms with Crippen LogP contribution in [-0.4, -0.2) is 38.2 Å². The number of hydrogen-bond donors (Lipinski definition) is 1. The van der Waals surface area contributed by atoms with Crippen LogP contribution in [-0.2, 0) is 0 Å². The fourth-order valence-electron chi connectivity index (χ4n) is 3.21. The normalized spacial score (nSPS) is 14.4. The Labute approximate surface area is 164 Å². The van der Waals surface area contributed by atoms with E-state index >= 15 is 0 Å². The van der Waals surface area contributed by atoms with Gasteiger partial charge in [0.25, 0.3) is 5.91 Å². The monoisotopic (exact) mass is 389 g/mol. The Bertz CT molecular complexity index is 805. The molecule has 2 aromatic rings. The largest absolute Gasteiger partial charge is 0.495 e. The number of hydrogen-bond acceptors (Lipinski definition) is 5. The zero-order valence-electron chi connectivity index (χ0n) is 15.6. The van der Waals surface area contributed by atoms with Crippen molar-refractivity contribution in [3.63, 3.8) is 0 Å². The van der Waals surface area contributed by atoms with Crippen molar-refractivity contribution in [2.75, 3.05) is 37.5 Å². The highest BCUT2D eigenvalue weighted by Crippen LogP contribution is 2.36. The third-order valence-corrected chi connectivity index (χ3v) is 4.96. The lowest BCUT2D eigenvalue weighted by Gasteiger charge is -2.22. The smallest absolute Gasteiger partial charge is 0.274 e. The lowest BCUT2D eigenvalue weighted by molar-refractivity contribution is 0.102. The van der Waals surface area contributed by atoms with Crippen LogP contribution in [0.1, 0.15) is 36.2 Å². The van der Waals surface area contributed by atoms with Crippen molar-refractivity contribution in [2.45, 2.75) is 25.7 Å². The molecule has 1 amide bonds. The second kappa shape index (κ2) is 8.95. The van der Waals surface area contributed by atoms with E-state index < -0.39 is 0 Å². The fraction of sp³-hybridized carbons (Fsp3) is 0.400. The molecule has 0 bridgehead atoms. The van der Waals surface area contributed by atoms with Crippen molar-refractivity contribution in [3.05, 3.63) is 41.2 Å². The number of nitrogens with one attached hydrogen (secondary N) is 1. The van der Waals surface area contributed by atoms with Gasteiger partial charge in [-0.15, -0.1) is 0 Å². The summed E-state index contributed by atoms with van der Waals surface area (Å²) < 4.78 is 10.5. The van der Waals surface area contributed by atoms with Crippen molar-refractivity contribution in [3.8, 4) is 11.5 Å². The Morgan fingerprint density at radius 1 is 1.07 bits per heavy atom. The van der Waals surface area contributed by atoms with Gasteiger partial charge in [0, 0.05) is 37.1 Å². The Morgan fingerprint density at radius 2 is 1.78 bits per heavy atom. The molecule has 0 atom stereocenters. The van der Waals surface area contributed by atoms with Gasteiger partial charge in [-0.05, 0) is 25.0 Å². The number of nitrogens with zero attached hydrogens (tertiary/aromatic N) is 2. The molecule has 1 aliphatic heterocycles. The standard InChI is InChI=1S/C20H24ClN3O3/c1-26-18-13-16(19(27-2)12-15(18)21)23-20(25)17-11-14(7-8-22-17)24-9-5-3-4-6-10-24/h7-8,11-13H,3-6,9-10H2,1-2H3,(H,23,25). The maximum atomic E-state index is 12.7. The molecule has 1 fully saturated rings. The van der Waals surface area contributed by atoms with Crippen LogP contribution in [0.5, 0.6) is 11.5 Å². The Hall–Kier alpha value is -2.47. The second-order valence-electron chi connectivity index (χ2n) is 6.44. The van der Waals surface area contributed by atoms with Crippen molar-refractivity contribution < 1.29 is 14.3 Å². The average molecular weight is 390 g/mol. The highest BCUT2D eigenvalue weighted by Gasteiger charge is 2.16. The molecule has 0 saturated carbocycles. The Balaban J connectivity index is 1.81. The van der Waals surface area contributed by atoms with Gasteiger partial charge in [0.1, 0.15) is 17.2 Å². The van der Waals surface area contributed by atoms with Gasteiger partial charge in [0.15, 0.2) is 0 Å². The molecule has 7 heteroatoms. The number of carbonyl (C=O) groups is 1. The molecule has 2 heterocycles. The summed E-state index contributed by atoms with van der Waals surface area (Å²) in [5, 5.41) is 3.25. The third kappa shape index (κ3) is 4.63. The van der Waals surface area contributed by atoms with Gasteiger partial charge in [0.2, 0.25) is 0 Å². The summed E-state index contributed by atoms with van der Waals surface area (Å²) in [6, 6.07) is 7.03. The van der Waals surface area contributed by atoms with E-state index in [0.717, 1.165) is 18.8 Å². The first-order chi connectivity index (χ1) is 13.1. The molecule has 0 spiro atoms. The SMILES string of the molecule is COc1cc(NC(=O)c2cc(N3CCCCCC3)ccn2)c(OC)cc1Cl. The lowest BCUT2D eigenvalue weighted by atomic mass is 10.2. The number of rotatable bonds is 5. The molecule has 1 aliphatic rings. The predicted octanol–water partition coefficient (Wildman–Crippen LogP) is 4.38. The van der Waals surface area contributed by atoms with E-state index in [9.17, 15) is 4.79 Å². The van der Waals surface area contributed by atoms with Gasteiger partial charge in [-0.1, -0.05) is 24.4 Å². The van der Waals surface area contributed by atoms with Gasteiger partial charge in [0.05, 0.1) is 24.9 Å². The number of anilines is 2. The number of aromatic nitrogens is 1. The summed E-state index contributed by atoms with van der Waals surface area (Å²) in [7, 11) is 3.04. The molecule has 6 nitrogen and oxygen atoms in total. The zero-order valence-corrected chi connectivity index (χ0v) is 16.4. The number of pyridine rings is 1. The first kappa shape index (κ1) is 19.3. The highest BCUT2D eigenvalue weighted by molar-refractivity contribution is 6.32. The minimum absolute atomic E-state index is 0.311. The van der Waals surface area contributed by atoms with Crippen LogP contribution < -0.4 is 19.7 Å². The number of ether oxygens (including phenoxy) is 2. The molecule has 144 valence electrons. The summed E-state index contributed by atoms with van der Waals surface area (Å²) in [4.78, 5) is 19.3. The molecule has 1 aromatic carbocycles. The van der Waals surface area contributed by atoms with Crippen LogP contribution in [0.15, 0.2) is 30.5 Å². The minimum atomic E-state index is -0.311. The first-order valence-electron chi connectivity index (χ1n) is 9.06. The summed E-state index contributed by atoms with van der Waals surface area (Å²) in [6.45, 7) is 2.01. The quantitative estimate of drug-likeness (QED) is 0.821. The number of halogens is 1. The van der Waals surface area contributed by atoms with Crippen LogP contribution in [0.25, 0.3) is 0 Å². The summed E-state index contributed by atoms with van der Waals surface area (Å²) in [5.41, 5.74) is 1.86. The number of methoxy groups -OCH3 is 2. The predicted molar refractivity (Wildman–Crippen MR) is 107 cm³/mol. The molecular weight excluding hydrogens is 366 g/mol. The number of benzene rings is 1. The average Bonchev–Trinajstić information content (AvgIpc) is 2.98. The minimum Gasteiger partial charge on any atom is -0.495 e. The molecular formula is C20H24ClN3O3. The molecule has 1 N–H and O–H groups in total. The van der Waals surface area contributed by atoms with Crippen LogP contribution >= 0.6 is 11.6 Å². The summed E-state index contributed by atoms with van der Waals surface area (Å²) in [5.74, 6) is 0.603. The van der Waals surface area contributed by atoms with Crippen LogP contribution in [0.2, 0.25) is 5.02 Å². The second-order valence-corrected chi connectivity index (χ2v) is 6.85. The lowest BCUT2D eigenvalue weighted by Crippen LogP contribution is -2.24. The molecule has 27 heavy (non-hydrogen) atoms. The summed E-state index contributed by atoms with van der Waals surface area (Å²) >= 11 is 6.12. The Kier molecular flexibility index (Phi) is 6.40. The maximum absolute atomic E-state index is 12.7. The van der Waals surface area contributed by atoms with Crippen LogP contribution in [0, 0.1) is 0 Å². The molecule has 0 unspecified atom stereocenters. The van der Waals surface area contributed by atoms with E-state index in [1.165, 1.54) is 39.9 Å². The topological polar surface area (TPSA) is 63.7 Å². The zero-order chi connectivity index (χ0) is 19.2. The van der Waals surface area contributed by atoms with Crippen LogP contribution in [0.3, 0.4) is 0 Å². The van der Waals surface area contributed by atoms with Gasteiger partial charge in [-0.2, -0.15) is 0 Å². The Morgan fingerprint density at radius 3 is 2.44 bits per heavy atom. The van der Waals surface area contributed by atoms with Crippen molar-refractivity contribution in [1.82, 2.24) is 4.98 Å². The van der Waals surface area contributed by atoms with Gasteiger partial charge >= 0.3 is 0 Å². The van der Waals surface area contributed by atoms with Crippen LogP contribution in [0.4, 0.5) is 11.4 Å².